The van der Waals surface area contributed by atoms with Crippen LogP contribution in [-0.2, 0) is 4.79 Å². The number of amidine groups is 1. The summed E-state index contributed by atoms with van der Waals surface area (Å²) < 4.78 is 5.86. The summed E-state index contributed by atoms with van der Waals surface area (Å²) in [5, 5.41) is 4.07. The van der Waals surface area contributed by atoms with Gasteiger partial charge in [-0.05, 0) is 55.8 Å². The number of thioether (sulfide) groups is 1. The maximum absolute atomic E-state index is 12.4. The van der Waals surface area contributed by atoms with E-state index in [1.807, 2.05) is 38.1 Å². The van der Waals surface area contributed by atoms with Crippen molar-refractivity contribution in [2.24, 2.45) is 4.99 Å². The van der Waals surface area contributed by atoms with Crippen LogP contribution in [0.2, 0.25) is 0 Å². The average molecular weight is 431 g/mol. The Balaban J connectivity index is 1.31. The number of ether oxygens (including phenoxy) is 1. The van der Waals surface area contributed by atoms with Crippen LogP contribution in [0.5, 0.6) is 5.75 Å². The average Bonchev–Trinajstić information content (AvgIpc) is 3.44. The Morgan fingerprint density at radius 1 is 1.16 bits per heavy atom. The highest BCUT2D eigenvalue weighted by atomic mass is 32.2. The highest BCUT2D eigenvalue weighted by Gasteiger charge is 2.40. The van der Waals surface area contributed by atoms with Crippen LogP contribution in [0.25, 0.3) is 17.1 Å². The number of rotatable bonds is 5. The van der Waals surface area contributed by atoms with Gasteiger partial charge in [0.2, 0.25) is 0 Å². The molecule has 6 nitrogen and oxygen atoms in total. The van der Waals surface area contributed by atoms with Crippen LogP contribution < -0.4 is 10.1 Å². The lowest BCUT2D eigenvalue weighted by atomic mass is 10.1. The van der Waals surface area contributed by atoms with Gasteiger partial charge in [0.1, 0.15) is 11.3 Å². The fourth-order valence-corrected chi connectivity index (χ4v) is 4.49. The summed E-state index contributed by atoms with van der Waals surface area (Å²) in [6.45, 7) is 3.94. The summed E-state index contributed by atoms with van der Waals surface area (Å²) in [4.78, 5) is 26.2. The molecule has 2 unspecified atom stereocenters. The molecule has 0 radical (unpaired) electrons. The SMILES string of the molecule is CC(C)Oc1ccnc2ccc(C=C3SC(NC4CC4c4ccccc4)=NC3=O)nc12. The van der Waals surface area contributed by atoms with E-state index in [4.69, 9.17) is 4.74 Å². The zero-order valence-corrected chi connectivity index (χ0v) is 18.1. The molecule has 7 heteroatoms. The lowest BCUT2D eigenvalue weighted by Gasteiger charge is -2.11. The van der Waals surface area contributed by atoms with Gasteiger partial charge in [0.25, 0.3) is 5.91 Å². The van der Waals surface area contributed by atoms with Crippen LogP contribution in [0.4, 0.5) is 0 Å². The summed E-state index contributed by atoms with van der Waals surface area (Å²) >= 11 is 1.36. The fourth-order valence-electron chi connectivity index (χ4n) is 3.63. The number of hydrogen-bond acceptors (Lipinski definition) is 6. The number of benzene rings is 1. The molecule has 1 aliphatic carbocycles. The molecule has 1 N–H and O–H groups in total. The fraction of sp³-hybridized carbons (Fsp3) is 0.250. The van der Waals surface area contributed by atoms with E-state index in [2.05, 4.69) is 44.5 Å². The summed E-state index contributed by atoms with van der Waals surface area (Å²) in [7, 11) is 0. The van der Waals surface area contributed by atoms with E-state index in [9.17, 15) is 4.79 Å². The molecule has 0 spiro atoms. The second-order valence-corrected chi connectivity index (χ2v) is 8.95. The molecule has 3 heterocycles. The maximum atomic E-state index is 12.4. The summed E-state index contributed by atoms with van der Waals surface area (Å²) in [6.07, 6.45) is 4.57. The van der Waals surface area contributed by atoms with E-state index in [0.717, 1.165) is 11.9 Å². The third-order valence-electron chi connectivity index (χ3n) is 5.16. The largest absolute Gasteiger partial charge is 0.489 e. The van der Waals surface area contributed by atoms with Crippen molar-refractivity contribution in [2.45, 2.75) is 38.3 Å². The molecule has 31 heavy (non-hydrogen) atoms. The number of fused-ring (bicyclic) bond motifs is 1. The molecule has 1 amide bonds. The van der Waals surface area contributed by atoms with Crippen molar-refractivity contribution < 1.29 is 9.53 Å². The Bertz CT molecular complexity index is 1210. The summed E-state index contributed by atoms with van der Waals surface area (Å²) in [5.41, 5.74) is 3.43. The molecule has 3 aromatic rings. The minimum absolute atomic E-state index is 0.0329. The van der Waals surface area contributed by atoms with Crippen LogP contribution in [0.3, 0.4) is 0 Å². The lowest BCUT2D eigenvalue weighted by Crippen LogP contribution is -2.22. The minimum atomic E-state index is -0.240. The Kier molecular flexibility index (Phi) is 5.19. The zero-order valence-electron chi connectivity index (χ0n) is 17.3. The molecular weight excluding hydrogens is 408 g/mol. The molecule has 0 saturated heterocycles. The van der Waals surface area contributed by atoms with E-state index in [0.29, 0.717) is 39.0 Å². The number of nitrogens with one attached hydrogen (secondary N) is 1. The van der Waals surface area contributed by atoms with Gasteiger partial charge in [-0.25, -0.2) is 4.98 Å². The quantitative estimate of drug-likeness (QED) is 0.599. The molecule has 5 rings (SSSR count). The van der Waals surface area contributed by atoms with E-state index >= 15 is 0 Å². The Labute approximate surface area is 184 Å². The number of nitrogens with zero attached hydrogens (tertiary/aromatic N) is 3. The maximum Gasteiger partial charge on any atom is 0.286 e. The molecular formula is C24H22N4O2S. The van der Waals surface area contributed by atoms with E-state index in [-0.39, 0.29) is 12.0 Å². The van der Waals surface area contributed by atoms with Crippen molar-refractivity contribution in [3.63, 3.8) is 0 Å². The number of carbonyl (C=O) groups excluding carboxylic acids is 1. The number of amides is 1. The van der Waals surface area contributed by atoms with Gasteiger partial charge >= 0.3 is 0 Å². The van der Waals surface area contributed by atoms with Crippen molar-refractivity contribution in [2.75, 3.05) is 0 Å². The van der Waals surface area contributed by atoms with E-state index in [1.165, 1.54) is 17.3 Å². The third kappa shape index (κ3) is 4.32. The minimum Gasteiger partial charge on any atom is -0.489 e. The molecule has 2 aromatic heterocycles. The first-order valence-electron chi connectivity index (χ1n) is 10.3. The van der Waals surface area contributed by atoms with Crippen molar-refractivity contribution in [3.05, 3.63) is 70.9 Å². The first-order valence-corrected chi connectivity index (χ1v) is 11.1. The van der Waals surface area contributed by atoms with Gasteiger partial charge in [-0.2, -0.15) is 4.99 Å². The normalized spacial score (nSPS) is 21.6. The second kappa shape index (κ2) is 8.15. The van der Waals surface area contributed by atoms with Gasteiger partial charge in [0.15, 0.2) is 5.17 Å². The Hall–Kier alpha value is -3.19. The van der Waals surface area contributed by atoms with Crippen molar-refractivity contribution in [3.8, 4) is 5.75 Å². The van der Waals surface area contributed by atoms with Crippen molar-refractivity contribution >= 4 is 39.9 Å². The Morgan fingerprint density at radius 3 is 2.81 bits per heavy atom. The lowest BCUT2D eigenvalue weighted by molar-refractivity contribution is -0.113. The number of carbonyl (C=O) groups is 1. The predicted octanol–water partition coefficient (Wildman–Crippen LogP) is 4.53. The smallest absolute Gasteiger partial charge is 0.286 e. The summed E-state index contributed by atoms with van der Waals surface area (Å²) in [6, 6.07) is 16.3. The standard InChI is InChI=1S/C24H22N4O2S/c1-14(2)30-20-10-11-25-18-9-8-16(26-22(18)20)12-21-23(29)28-24(31-21)27-19-13-17(19)15-6-4-3-5-7-15/h3-12,14,17,19H,13H2,1-2H3,(H,27,28,29). The number of aliphatic imine (C=N–C) groups is 1. The molecule has 1 saturated carbocycles. The molecule has 2 aliphatic rings. The summed E-state index contributed by atoms with van der Waals surface area (Å²) in [5.74, 6) is 0.919. The van der Waals surface area contributed by atoms with Gasteiger partial charge in [-0.15, -0.1) is 0 Å². The van der Waals surface area contributed by atoms with E-state index < -0.39 is 0 Å². The predicted molar refractivity (Wildman–Crippen MR) is 124 cm³/mol. The second-order valence-electron chi connectivity index (χ2n) is 7.92. The zero-order chi connectivity index (χ0) is 21.4. The van der Waals surface area contributed by atoms with Gasteiger partial charge < -0.3 is 10.1 Å². The van der Waals surface area contributed by atoms with Crippen LogP contribution in [0.15, 0.2) is 64.6 Å². The van der Waals surface area contributed by atoms with Gasteiger partial charge in [0, 0.05) is 24.2 Å². The number of hydrogen-bond donors (Lipinski definition) is 1. The topological polar surface area (TPSA) is 76.5 Å². The Morgan fingerprint density at radius 2 is 2.00 bits per heavy atom. The van der Waals surface area contributed by atoms with E-state index in [1.54, 1.807) is 12.3 Å². The van der Waals surface area contributed by atoms with Crippen LogP contribution in [-0.4, -0.2) is 33.2 Å². The monoisotopic (exact) mass is 430 g/mol. The molecule has 1 aromatic carbocycles. The van der Waals surface area contributed by atoms with Crippen molar-refractivity contribution in [1.82, 2.24) is 15.3 Å². The number of pyridine rings is 2. The molecule has 156 valence electrons. The van der Waals surface area contributed by atoms with Crippen LogP contribution in [0, 0.1) is 0 Å². The van der Waals surface area contributed by atoms with Crippen LogP contribution >= 0.6 is 11.8 Å². The molecule has 1 fully saturated rings. The van der Waals surface area contributed by atoms with Crippen LogP contribution in [0.1, 0.15) is 37.4 Å². The third-order valence-corrected chi connectivity index (χ3v) is 6.07. The molecule has 2 atom stereocenters. The first kappa shape index (κ1) is 19.8. The van der Waals surface area contributed by atoms with Gasteiger partial charge in [-0.3, -0.25) is 9.78 Å². The van der Waals surface area contributed by atoms with Gasteiger partial charge in [0.05, 0.1) is 22.2 Å². The first-order chi connectivity index (χ1) is 15.1. The number of aromatic nitrogens is 2. The van der Waals surface area contributed by atoms with Crippen molar-refractivity contribution in [1.29, 1.82) is 0 Å². The highest BCUT2D eigenvalue weighted by Crippen LogP contribution is 2.42. The molecule has 0 bridgehead atoms. The highest BCUT2D eigenvalue weighted by molar-refractivity contribution is 8.18. The van der Waals surface area contributed by atoms with Gasteiger partial charge in [-0.1, -0.05) is 30.3 Å². The molecule has 1 aliphatic heterocycles.